The summed E-state index contributed by atoms with van der Waals surface area (Å²) in [4.78, 5) is 0. The largest absolute Gasteiger partial charge is 0.434 e. The molecule has 2 rings (SSSR count). The molecular weight excluding hydrogens is 276 g/mol. The summed E-state index contributed by atoms with van der Waals surface area (Å²) in [6.07, 6.45) is 4.28. The number of rotatable bonds is 8. The first-order valence-electron chi connectivity index (χ1n) is 7.59. The first-order chi connectivity index (χ1) is 10.2. The second-order valence-corrected chi connectivity index (χ2v) is 5.24. The molecule has 0 saturated carbocycles. The topological polar surface area (TPSA) is 30.5 Å². The lowest BCUT2D eigenvalue weighted by molar-refractivity contribution is -0.0507. The van der Waals surface area contributed by atoms with Gasteiger partial charge < -0.3 is 14.8 Å². The van der Waals surface area contributed by atoms with Gasteiger partial charge in [-0.1, -0.05) is 25.1 Å². The molecule has 1 heterocycles. The Morgan fingerprint density at radius 3 is 2.86 bits per heavy atom. The number of ether oxygens (including phenoxy) is 2. The number of alkyl halides is 2. The van der Waals surface area contributed by atoms with E-state index in [-0.39, 0.29) is 11.8 Å². The number of halogens is 2. The van der Waals surface area contributed by atoms with Gasteiger partial charge in [0.2, 0.25) is 0 Å². The molecule has 1 fully saturated rings. The molecule has 0 spiro atoms. The average molecular weight is 299 g/mol. The minimum atomic E-state index is -2.80. The third-order valence-electron chi connectivity index (χ3n) is 3.76. The van der Waals surface area contributed by atoms with Gasteiger partial charge in [-0.25, -0.2) is 0 Å². The van der Waals surface area contributed by atoms with E-state index in [1.165, 1.54) is 0 Å². The van der Waals surface area contributed by atoms with Crippen LogP contribution in [0.5, 0.6) is 5.75 Å². The van der Waals surface area contributed by atoms with Crippen molar-refractivity contribution in [2.45, 2.75) is 51.4 Å². The molecular formula is C16H23F2NO2. The SMILES string of the molecule is CCNC(CCC1CCCO1)c1ccccc1OC(F)F. The van der Waals surface area contributed by atoms with Crippen LogP contribution in [0.4, 0.5) is 8.78 Å². The van der Waals surface area contributed by atoms with Gasteiger partial charge in [-0.3, -0.25) is 0 Å². The van der Waals surface area contributed by atoms with Crippen LogP contribution in [0.3, 0.4) is 0 Å². The summed E-state index contributed by atoms with van der Waals surface area (Å²) in [6.45, 7) is 0.822. The quantitative estimate of drug-likeness (QED) is 0.790. The van der Waals surface area contributed by atoms with Crippen molar-refractivity contribution >= 4 is 0 Å². The molecule has 0 aromatic heterocycles. The Labute approximate surface area is 124 Å². The molecule has 1 aromatic rings. The number of nitrogens with one attached hydrogen (secondary N) is 1. The van der Waals surface area contributed by atoms with E-state index in [9.17, 15) is 8.78 Å². The predicted octanol–water partition coefficient (Wildman–Crippen LogP) is 3.90. The Morgan fingerprint density at radius 2 is 2.19 bits per heavy atom. The monoisotopic (exact) mass is 299 g/mol. The van der Waals surface area contributed by atoms with Gasteiger partial charge in [0.1, 0.15) is 5.75 Å². The van der Waals surface area contributed by atoms with Crippen molar-refractivity contribution in [3.05, 3.63) is 29.8 Å². The van der Waals surface area contributed by atoms with Crippen molar-refractivity contribution in [2.75, 3.05) is 13.2 Å². The number of para-hydroxylation sites is 1. The third kappa shape index (κ3) is 4.93. The Hall–Kier alpha value is -1.20. The van der Waals surface area contributed by atoms with Crippen molar-refractivity contribution in [2.24, 2.45) is 0 Å². The molecule has 2 unspecified atom stereocenters. The van der Waals surface area contributed by atoms with E-state index in [0.29, 0.717) is 6.10 Å². The van der Waals surface area contributed by atoms with Gasteiger partial charge in [-0.2, -0.15) is 8.78 Å². The van der Waals surface area contributed by atoms with Crippen LogP contribution >= 0.6 is 0 Å². The highest BCUT2D eigenvalue weighted by atomic mass is 19.3. The fraction of sp³-hybridized carbons (Fsp3) is 0.625. The highest BCUT2D eigenvalue weighted by Gasteiger charge is 2.21. The first kappa shape index (κ1) is 16.2. The Morgan fingerprint density at radius 1 is 1.38 bits per heavy atom. The Bertz CT molecular complexity index is 422. The molecule has 0 radical (unpaired) electrons. The van der Waals surface area contributed by atoms with E-state index in [4.69, 9.17) is 4.74 Å². The van der Waals surface area contributed by atoms with Crippen LogP contribution < -0.4 is 10.1 Å². The summed E-state index contributed by atoms with van der Waals surface area (Å²) in [5.41, 5.74) is 0.789. The standard InChI is InChI=1S/C16H23F2NO2/c1-2-19-14(10-9-12-6-5-11-20-12)13-7-3-4-8-15(13)21-16(17)18/h3-4,7-8,12,14,16,19H,2,5-6,9-11H2,1H3. The second kappa shape index (κ2) is 8.29. The fourth-order valence-corrected chi connectivity index (χ4v) is 2.81. The summed E-state index contributed by atoms with van der Waals surface area (Å²) in [7, 11) is 0. The molecule has 1 aromatic carbocycles. The van der Waals surface area contributed by atoms with Crippen LogP contribution in [0.1, 0.15) is 44.2 Å². The van der Waals surface area contributed by atoms with Gasteiger partial charge in [0.25, 0.3) is 0 Å². The van der Waals surface area contributed by atoms with Crippen LogP contribution in [0.2, 0.25) is 0 Å². The van der Waals surface area contributed by atoms with Crippen LogP contribution in [0.15, 0.2) is 24.3 Å². The zero-order chi connectivity index (χ0) is 15.1. The molecule has 0 amide bonds. The molecule has 2 atom stereocenters. The van der Waals surface area contributed by atoms with Gasteiger partial charge >= 0.3 is 6.61 Å². The van der Waals surface area contributed by atoms with Crippen LogP contribution in [-0.2, 0) is 4.74 Å². The van der Waals surface area contributed by atoms with E-state index in [1.54, 1.807) is 12.1 Å². The van der Waals surface area contributed by atoms with E-state index < -0.39 is 6.61 Å². The number of hydrogen-bond donors (Lipinski definition) is 1. The van der Waals surface area contributed by atoms with Gasteiger partial charge in [0.15, 0.2) is 0 Å². The second-order valence-electron chi connectivity index (χ2n) is 5.24. The van der Waals surface area contributed by atoms with Gasteiger partial charge in [0, 0.05) is 18.2 Å². The molecule has 1 N–H and O–H groups in total. The minimum Gasteiger partial charge on any atom is -0.434 e. The number of hydrogen-bond acceptors (Lipinski definition) is 3. The van der Waals surface area contributed by atoms with Crippen molar-refractivity contribution in [3.8, 4) is 5.75 Å². The maximum Gasteiger partial charge on any atom is 0.387 e. The Kier molecular flexibility index (Phi) is 6.39. The lowest BCUT2D eigenvalue weighted by Crippen LogP contribution is -2.23. The summed E-state index contributed by atoms with van der Waals surface area (Å²) < 4.78 is 35.3. The van der Waals surface area contributed by atoms with Crippen molar-refractivity contribution in [1.29, 1.82) is 0 Å². The minimum absolute atomic E-state index is 0.00847. The molecule has 1 saturated heterocycles. The van der Waals surface area contributed by atoms with E-state index in [2.05, 4.69) is 10.1 Å². The molecule has 1 aliphatic heterocycles. The maximum absolute atomic E-state index is 12.5. The van der Waals surface area contributed by atoms with Gasteiger partial charge in [0.05, 0.1) is 6.10 Å². The summed E-state index contributed by atoms with van der Waals surface area (Å²) in [5.74, 6) is 0.255. The molecule has 1 aliphatic rings. The highest BCUT2D eigenvalue weighted by molar-refractivity contribution is 5.36. The molecule has 0 bridgehead atoms. The first-order valence-corrected chi connectivity index (χ1v) is 7.59. The summed E-state index contributed by atoms with van der Waals surface area (Å²) in [6, 6.07) is 7.02. The normalized spacial score (nSPS) is 19.9. The smallest absolute Gasteiger partial charge is 0.387 e. The molecule has 3 nitrogen and oxygen atoms in total. The number of benzene rings is 1. The van der Waals surface area contributed by atoms with Gasteiger partial charge in [-0.15, -0.1) is 0 Å². The molecule has 118 valence electrons. The highest BCUT2D eigenvalue weighted by Crippen LogP contribution is 2.31. The van der Waals surface area contributed by atoms with E-state index >= 15 is 0 Å². The molecule has 21 heavy (non-hydrogen) atoms. The third-order valence-corrected chi connectivity index (χ3v) is 3.76. The van der Waals surface area contributed by atoms with E-state index in [1.807, 2.05) is 19.1 Å². The van der Waals surface area contributed by atoms with Crippen LogP contribution in [-0.4, -0.2) is 25.9 Å². The zero-order valence-corrected chi connectivity index (χ0v) is 12.4. The fourth-order valence-electron chi connectivity index (χ4n) is 2.81. The lowest BCUT2D eigenvalue weighted by Gasteiger charge is -2.22. The zero-order valence-electron chi connectivity index (χ0n) is 12.4. The summed E-state index contributed by atoms with van der Waals surface area (Å²) in [5, 5.41) is 3.36. The predicted molar refractivity (Wildman–Crippen MR) is 77.7 cm³/mol. The molecule has 0 aliphatic carbocycles. The van der Waals surface area contributed by atoms with Gasteiger partial charge in [-0.05, 0) is 38.3 Å². The van der Waals surface area contributed by atoms with Crippen LogP contribution in [0.25, 0.3) is 0 Å². The Balaban J connectivity index is 2.05. The van der Waals surface area contributed by atoms with Crippen molar-refractivity contribution in [1.82, 2.24) is 5.32 Å². The molecule has 5 heteroatoms. The van der Waals surface area contributed by atoms with Crippen molar-refractivity contribution < 1.29 is 18.3 Å². The van der Waals surface area contributed by atoms with E-state index in [0.717, 1.165) is 44.4 Å². The average Bonchev–Trinajstić information content (AvgIpc) is 2.97. The summed E-state index contributed by atoms with van der Waals surface area (Å²) >= 11 is 0. The maximum atomic E-state index is 12.5. The van der Waals surface area contributed by atoms with Crippen molar-refractivity contribution in [3.63, 3.8) is 0 Å². The lowest BCUT2D eigenvalue weighted by atomic mass is 9.98. The van der Waals surface area contributed by atoms with Crippen LogP contribution in [0, 0.1) is 0 Å².